The zero-order valence-corrected chi connectivity index (χ0v) is 10.8. The third kappa shape index (κ3) is 2.97. The van der Waals surface area contributed by atoms with Gasteiger partial charge in [-0.25, -0.2) is 4.79 Å². The first-order chi connectivity index (χ1) is 8.18. The molecule has 0 aliphatic heterocycles. The standard InChI is InChI=1S/C12H18N2O2S/c1-8-10(12(15)16)11(17-14-8)13-9-6-4-2-3-5-7-9/h9,13H,2-7H2,1H3,(H,15,16). The number of nitrogens with zero attached hydrogens (tertiary/aromatic N) is 1. The minimum atomic E-state index is -0.882. The molecule has 0 saturated heterocycles. The lowest BCUT2D eigenvalue weighted by Gasteiger charge is -2.16. The van der Waals surface area contributed by atoms with Crippen LogP contribution < -0.4 is 5.32 Å². The summed E-state index contributed by atoms with van der Waals surface area (Å²) in [5.74, 6) is -0.882. The van der Waals surface area contributed by atoms with E-state index in [1.165, 1.54) is 37.2 Å². The molecule has 0 spiro atoms. The summed E-state index contributed by atoms with van der Waals surface area (Å²) in [7, 11) is 0. The van der Waals surface area contributed by atoms with E-state index in [1.807, 2.05) is 0 Å². The molecule has 2 N–H and O–H groups in total. The van der Waals surface area contributed by atoms with Gasteiger partial charge in [0.15, 0.2) is 0 Å². The Morgan fingerprint density at radius 1 is 1.35 bits per heavy atom. The fraction of sp³-hybridized carbons (Fsp3) is 0.667. The number of aromatic nitrogens is 1. The van der Waals surface area contributed by atoms with Crippen molar-refractivity contribution >= 4 is 22.5 Å². The van der Waals surface area contributed by atoms with Crippen LogP contribution in [-0.4, -0.2) is 21.5 Å². The number of hydrogen-bond donors (Lipinski definition) is 2. The first-order valence-corrected chi connectivity index (χ1v) is 6.92. The molecule has 17 heavy (non-hydrogen) atoms. The summed E-state index contributed by atoms with van der Waals surface area (Å²) < 4.78 is 4.13. The van der Waals surface area contributed by atoms with Gasteiger partial charge >= 0.3 is 5.97 Å². The predicted molar refractivity (Wildman–Crippen MR) is 68.9 cm³/mol. The SMILES string of the molecule is Cc1nsc(NC2CCCCCC2)c1C(=O)O. The van der Waals surface area contributed by atoms with Crippen LogP contribution in [-0.2, 0) is 0 Å². The van der Waals surface area contributed by atoms with E-state index in [0.717, 1.165) is 17.8 Å². The molecule has 0 amide bonds. The van der Waals surface area contributed by atoms with E-state index in [-0.39, 0.29) is 0 Å². The summed E-state index contributed by atoms with van der Waals surface area (Å²) in [5.41, 5.74) is 0.956. The first-order valence-electron chi connectivity index (χ1n) is 6.14. The highest BCUT2D eigenvalue weighted by Gasteiger charge is 2.20. The second-order valence-electron chi connectivity index (χ2n) is 4.61. The fourth-order valence-electron chi connectivity index (χ4n) is 2.33. The number of carboxylic acids is 1. The number of rotatable bonds is 3. The van der Waals surface area contributed by atoms with Gasteiger partial charge < -0.3 is 10.4 Å². The number of carbonyl (C=O) groups is 1. The van der Waals surface area contributed by atoms with E-state index in [1.54, 1.807) is 6.92 Å². The molecule has 1 aliphatic carbocycles. The maximum Gasteiger partial charge on any atom is 0.340 e. The summed E-state index contributed by atoms with van der Waals surface area (Å²) in [6.07, 6.45) is 7.33. The van der Waals surface area contributed by atoms with Gasteiger partial charge in [-0.1, -0.05) is 25.7 Å². The van der Waals surface area contributed by atoms with Crippen LogP contribution in [0.1, 0.15) is 54.6 Å². The second kappa shape index (κ2) is 5.49. The fourth-order valence-corrected chi connectivity index (χ4v) is 3.19. The minimum Gasteiger partial charge on any atom is -0.478 e. The van der Waals surface area contributed by atoms with Crippen LogP contribution in [0.25, 0.3) is 0 Å². The highest BCUT2D eigenvalue weighted by Crippen LogP contribution is 2.28. The molecule has 1 heterocycles. The Morgan fingerprint density at radius 3 is 2.59 bits per heavy atom. The van der Waals surface area contributed by atoms with Gasteiger partial charge in [0.2, 0.25) is 0 Å². The van der Waals surface area contributed by atoms with Crippen molar-refractivity contribution in [1.82, 2.24) is 4.37 Å². The average molecular weight is 254 g/mol. The Kier molecular flexibility index (Phi) is 3.99. The number of anilines is 1. The van der Waals surface area contributed by atoms with Crippen molar-refractivity contribution in [3.05, 3.63) is 11.3 Å². The van der Waals surface area contributed by atoms with Crippen molar-refractivity contribution < 1.29 is 9.90 Å². The van der Waals surface area contributed by atoms with E-state index >= 15 is 0 Å². The van der Waals surface area contributed by atoms with E-state index in [4.69, 9.17) is 5.11 Å². The Balaban J connectivity index is 2.09. The van der Waals surface area contributed by atoms with Crippen LogP contribution >= 0.6 is 11.5 Å². The van der Waals surface area contributed by atoms with Crippen LogP contribution in [0.2, 0.25) is 0 Å². The summed E-state index contributed by atoms with van der Waals surface area (Å²) in [4.78, 5) is 11.1. The van der Waals surface area contributed by atoms with Crippen LogP contribution in [0.4, 0.5) is 5.00 Å². The number of carboxylic acid groups (broad SMARTS) is 1. The van der Waals surface area contributed by atoms with Crippen molar-refractivity contribution in [1.29, 1.82) is 0 Å². The average Bonchev–Trinajstić information content (AvgIpc) is 2.51. The number of aromatic carboxylic acids is 1. The molecule has 1 aromatic rings. The van der Waals surface area contributed by atoms with E-state index in [0.29, 0.717) is 17.3 Å². The van der Waals surface area contributed by atoms with Gasteiger partial charge in [-0.2, -0.15) is 4.37 Å². The third-order valence-corrected chi connectivity index (χ3v) is 4.14. The Labute approximate surface area is 105 Å². The Morgan fingerprint density at radius 2 is 2.00 bits per heavy atom. The van der Waals surface area contributed by atoms with Crippen molar-refractivity contribution in [2.75, 3.05) is 5.32 Å². The summed E-state index contributed by atoms with van der Waals surface area (Å²) in [6.45, 7) is 1.75. The van der Waals surface area contributed by atoms with Gasteiger partial charge in [-0.3, -0.25) is 0 Å². The van der Waals surface area contributed by atoms with Crippen molar-refractivity contribution in [3.8, 4) is 0 Å². The molecular weight excluding hydrogens is 236 g/mol. The quantitative estimate of drug-likeness (QED) is 0.812. The molecule has 2 rings (SSSR count). The minimum absolute atomic E-state index is 0.347. The molecule has 1 saturated carbocycles. The number of aryl methyl sites for hydroxylation is 1. The van der Waals surface area contributed by atoms with Crippen LogP contribution in [0.3, 0.4) is 0 Å². The topological polar surface area (TPSA) is 62.2 Å². The van der Waals surface area contributed by atoms with Crippen molar-refractivity contribution in [3.63, 3.8) is 0 Å². The highest BCUT2D eigenvalue weighted by atomic mass is 32.1. The molecule has 94 valence electrons. The zero-order valence-electron chi connectivity index (χ0n) is 10.0. The molecule has 1 fully saturated rings. The summed E-state index contributed by atoms with van der Waals surface area (Å²) >= 11 is 1.26. The van der Waals surface area contributed by atoms with Gasteiger partial charge in [0.1, 0.15) is 10.6 Å². The Hall–Kier alpha value is -1.10. The maximum atomic E-state index is 11.1. The highest BCUT2D eigenvalue weighted by molar-refractivity contribution is 7.10. The van der Waals surface area contributed by atoms with E-state index in [2.05, 4.69) is 9.69 Å². The van der Waals surface area contributed by atoms with Crippen molar-refractivity contribution in [2.45, 2.75) is 51.5 Å². The van der Waals surface area contributed by atoms with E-state index in [9.17, 15) is 4.79 Å². The lowest BCUT2D eigenvalue weighted by atomic mass is 10.1. The molecule has 4 nitrogen and oxygen atoms in total. The van der Waals surface area contributed by atoms with Gasteiger partial charge in [0, 0.05) is 6.04 Å². The normalized spacial score (nSPS) is 17.7. The van der Waals surface area contributed by atoms with Gasteiger partial charge in [0.05, 0.1) is 5.69 Å². The zero-order chi connectivity index (χ0) is 12.3. The smallest absolute Gasteiger partial charge is 0.340 e. The largest absolute Gasteiger partial charge is 0.478 e. The molecule has 0 aromatic carbocycles. The molecule has 0 atom stereocenters. The molecular formula is C12H18N2O2S. The van der Waals surface area contributed by atoms with Crippen LogP contribution in [0, 0.1) is 6.92 Å². The number of hydrogen-bond acceptors (Lipinski definition) is 4. The first kappa shape index (κ1) is 12.4. The molecule has 5 heteroatoms. The summed E-state index contributed by atoms with van der Waals surface area (Å²) in [5, 5.41) is 13.2. The molecule has 1 aliphatic rings. The van der Waals surface area contributed by atoms with Crippen LogP contribution in [0.15, 0.2) is 0 Å². The molecule has 1 aromatic heterocycles. The lowest BCUT2D eigenvalue weighted by molar-refractivity contribution is 0.0697. The molecule has 0 radical (unpaired) electrons. The maximum absolute atomic E-state index is 11.1. The molecule has 0 unspecified atom stereocenters. The van der Waals surface area contributed by atoms with Gasteiger partial charge in [-0.05, 0) is 31.3 Å². The van der Waals surface area contributed by atoms with Crippen LogP contribution in [0.5, 0.6) is 0 Å². The monoisotopic (exact) mass is 254 g/mol. The summed E-state index contributed by atoms with van der Waals surface area (Å²) in [6, 6.07) is 0.412. The van der Waals surface area contributed by atoms with Gasteiger partial charge in [0.25, 0.3) is 0 Å². The van der Waals surface area contributed by atoms with E-state index < -0.39 is 5.97 Å². The Bertz CT molecular complexity index is 395. The lowest BCUT2D eigenvalue weighted by Crippen LogP contribution is -2.19. The second-order valence-corrected chi connectivity index (χ2v) is 5.38. The third-order valence-electron chi connectivity index (χ3n) is 3.27. The number of nitrogens with one attached hydrogen (secondary N) is 1. The van der Waals surface area contributed by atoms with Crippen molar-refractivity contribution in [2.24, 2.45) is 0 Å². The predicted octanol–water partition coefficient (Wildman–Crippen LogP) is 3.28. The molecule has 0 bridgehead atoms. The van der Waals surface area contributed by atoms with Gasteiger partial charge in [-0.15, -0.1) is 0 Å².